The second-order valence-electron chi connectivity index (χ2n) is 2.95. The number of aliphatic hydroxyl groups excluding tert-OH is 1. The fourth-order valence-corrected chi connectivity index (χ4v) is 1.51. The van der Waals surface area contributed by atoms with Crippen molar-refractivity contribution in [3.8, 4) is 0 Å². The number of nitrogens with one attached hydrogen (secondary N) is 1. The molecule has 0 radical (unpaired) electrons. The summed E-state index contributed by atoms with van der Waals surface area (Å²) < 4.78 is 0. The van der Waals surface area contributed by atoms with E-state index in [9.17, 15) is 9.90 Å². The monoisotopic (exact) mass is 204 g/mol. The molecule has 1 saturated heterocycles. The Balaban J connectivity index is 2.36. The SMILES string of the molecule is O=C(O)NC(=S)N1CCC(O)CC1. The van der Waals surface area contributed by atoms with E-state index in [1.54, 1.807) is 4.90 Å². The van der Waals surface area contributed by atoms with Crippen molar-refractivity contribution in [2.24, 2.45) is 0 Å². The van der Waals surface area contributed by atoms with Crippen molar-refractivity contribution in [1.29, 1.82) is 0 Å². The van der Waals surface area contributed by atoms with Crippen LogP contribution in [-0.2, 0) is 0 Å². The highest BCUT2D eigenvalue weighted by Crippen LogP contribution is 2.09. The molecule has 74 valence electrons. The zero-order chi connectivity index (χ0) is 9.84. The molecule has 0 atom stereocenters. The van der Waals surface area contributed by atoms with Gasteiger partial charge in [-0.05, 0) is 25.1 Å². The Bertz CT molecular complexity index is 214. The number of hydrogen-bond acceptors (Lipinski definition) is 3. The fourth-order valence-electron chi connectivity index (χ4n) is 1.24. The summed E-state index contributed by atoms with van der Waals surface area (Å²) in [5.74, 6) is 0. The van der Waals surface area contributed by atoms with Crippen LogP contribution >= 0.6 is 12.2 Å². The number of aliphatic hydroxyl groups is 1. The summed E-state index contributed by atoms with van der Waals surface area (Å²) in [4.78, 5) is 12.0. The molecule has 0 unspecified atom stereocenters. The van der Waals surface area contributed by atoms with E-state index < -0.39 is 6.09 Å². The van der Waals surface area contributed by atoms with Gasteiger partial charge in [0.2, 0.25) is 0 Å². The molecular formula is C7H12N2O3S. The quantitative estimate of drug-likeness (QED) is 0.484. The molecule has 3 N–H and O–H groups in total. The highest BCUT2D eigenvalue weighted by molar-refractivity contribution is 7.80. The smallest absolute Gasteiger partial charge is 0.410 e. The largest absolute Gasteiger partial charge is 0.465 e. The lowest BCUT2D eigenvalue weighted by Crippen LogP contribution is -2.46. The minimum atomic E-state index is -1.14. The molecule has 0 aromatic rings. The van der Waals surface area contributed by atoms with E-state index in [-0.39, 0.29) is 11.2 Å². The van der Waals surface area contributed by atoms with Crippen LogP contribution < -0.4 is 5.32 Å². The molecule has 1 heterocycles. The zero-order valence-corrected chi connectivity index (χ0v) is 7.88. The van der Waals surface area contributed by atoms with Gasteiger partial charge < -0.3 is 15.1 Å². The molecule has 0 spiro atoms. The molecule has 1 aliphatic rings. The molecule has 1 fully saturated rings. The summed E-state index contributed by atoms with van der Waals surface area (Å²) in [5, 5.41) is 19.9. The topological polar surface area (TPSA) is 72.8 Å². The molecule has 6 heteroatoms. The number of amides is 1. The first kappa shape index (κ1) is 10.2. The highest BCUT2D eigenvalue weighted by atomic mass is 32.1. The number of nitrogens with zero attached hydrogens (tertiary/aromatic N) is 1. The van der Waals surface area contributed by atoms with Crippen molar-refractivity contribution in [3.63, 3.8) is 0 Å². The number of hydrogen-bond donors (Lipinski definition) is 3. The van der Waals surface area contributed by atoms with Gasteiger partial charge in [-0.3, -0.25) is 5.32 Å². The van der Waals surface area contributed by atoms with E-state index >= 15 is 0 Å². The van der Waals surface area contributed by atoms with Crippen LogP contribution in [0.25, 0.3) is 0 Å². The molecule has 0 aliphatic carbocycles. The van der Waals surface area contributed by atoms with Gasteiger partial charge in [-0.2, -0.15) is 0 Å². The van der Waals surface area contributed by atoms with Crippen LogP contribution in [0.1, 0.15) is 12.8 Å². The molecule has 0 bridgehead atoms. The van der Waals surface area contributed by atoms with Crippen LogP contribution in [0, 0.1) is 0 Å². The number of piperidine rings is 1. The summed E-state index contributed by atoms with van der Waals surface area (Å²) in [7, 11) is 0. The molecule has 1 rings (SSSR count). The van der Waals surface area contributed by atoms with Crippen molar-refractivity contribution in [2.45, 2.75) is 18.9 Å². The summed E-state index contributed by atoms with van der Waals surface area (Å²) in [6.07, 6.45) is -0.136. The summed E-state index contributed by atoms with van der Waals surface area (Å²) >= 11 is 4.84. The predicted octanol–water partition coefficient (Wildman–Crippen LogP) is -0.00440. The Morgan fingerprint density at radius 3 is 2.46 bits per heavy atom. The third kappa shape index (κ3) is 3.16. The first-order chi connectivity index (χ1) is 6.09. The standard InChI is InChI=1S/C7H12N2O3S/c10-5-1-3-9(4-2-5)6(13)8-7(11)12/h5,10H,1-4H2,(H,8,13)(H,11,12). The van der Waals surface area contributed by atoms with Crippen LogP contribution in [0.3, 0.4) is 0 Å². The van der Waals surface area contributed by atoms with Gasteiger partial charge in [0.05, 0.1) is 6.10 Å². The van der Waals surface area contributed by atoms with Gasteiger partial charge >= 0.3 is 6.09 Å². The zero-order valence-electron chi connectivity index (χ0n) is 7.06. The van der Waals surface area contributed by atoms with E-state index in [4.69, 9.17) is 17.3 Å². The van der Waals surface area contributed by atoms with Gasteiger partial charge in [0.15, 0.2) is 5.11 Å². The minimum Gasteiger partial charge on any atom is -0.465 e. The average molecular weight is 204 g/mol. The number of likely N-dealkylation sites (tertiary alicyclic amines) is 1. The number of carboxylic acid groups (broad SMARTS) is 1. The molecular weight excluding hydrogens is 192 g/mol. The maximum Gasteiger partial charge on any atom is 0.410 e. The van der Waals surface area contributed by atoms with E-state index in [1.165, 1.54) is 0 Å². The van der Waals surface area contributed by atoms with Gasteiger partial charge in [0, 0.05) is 13.1 Å². The second kappa shape index (κ2) is 4.38. The van der Waals surface area contributed by atoms with Crippen LogP contribution in [0.2, 0.25) is 0 Å². The molecule has 13 heavy (non-hydrogen) atoms. The Morgan fingerprint density at radius 1 is 1.46 bits per heavy atom. The van der Waals surface area contributed by atoms with Crippen LogP contribution in [0.4, 0.5) is 4.79 Å². The molecule has 1 amide bonds. The van der Waals surface area contributed by atoms with E-state index in [2.05, 4.69) is 5.32 Å². The first-order valence-corrected chi connectivity index (χ1v) is 4.47. The van der Waals surface area contributed by atoms with Gasteiger partial charge in [-0.25, -0.2) is 4.79 Å². The van der Waals surface area contributed by atoms with Crippen molar-refractivity contribution in [1.82, 2.24) is 10.2 Å². The third-order valence-corrected chi connectivity index (χ3v) is 2.33. The Morgan fingerprint density at radius 2 is 2.00 bits per heavy atom. The van der Waals surface area contributed by atoms with E-state index in [0.29, 0.717) is 25.9 Å². The van der Waals surface area contributed by atoms with E-state index in [0.717, 1.165) is 0 Å². The molecule has 0 aromatic carbocycles. The van der Waals surface area contributed by atoms with Crippen molar-refractivity contribution < 1.29 is 15.0 Å². The summed E-state index contributed by atoms with van der Waals surface area (Å²) in [6, 6.07) is 0. The third-order valence-electron chi connectivity index (χ3n) is 1.97. The second-order valence-corrected chi connectivity index (χ2v) is 3.34. The van der Waals surface area contributed by atoms with Crippen molar-refractivity contribution in [3.05, 3.63) is 0 Å². The molecule has 0 aromatic heterocycles. The number of carbonyl (C=O) groups is 1. The average Bonchev–Trinajstić information content (AvgIpc) is 2.04. The number of thiocarbonyl (C=S) groups is 1. The summed E-state index contributed by atoms with van der Waals surface area (Å²) in [5.41, 5.74) is 0. The van der Waals surface area contributed by atoms with Crippen LogP contribution in [0.15, 0.2) is 0 Å². The maximum atomic E-state index is 10.2. The van der Waals surface area contributed by atoms with Crippen LogP contribution in [0.5, 0.6) is 0 Å². The Labute approximate surface area is 81.3 Å². The van der Waals surface area contributed by atoms with Gasteiger partial charge in [0.25, 0.3) is 0 Å². The van der Waals surface area contributed by atoms with E-state index in [1.807, 2.05) is 0 Å². The fraction of sp³-hybridized carbons (Fsp3) is 0.714. The van der Waals surface area contributed by atoms with Gasteiger partial charge in [-0.15, -0.1) is 0 Å². The lowest BCUT2D eigenvalue weighted by atomic mass is 10.1. The Hall–Kier alpha value is -0.880. The lowest BCUT2D eigenvalue weighted by molar-refractivity contribution is 0.109. The minimum absolute atomic E-state index is 0.222. The summed E-state index contributed by atoms with van der Waals surface area (Å²) in [6.45, 7) is 1.22. The predicted molar refractivity (Wildman–Crippen MR) is 50.6 cm³/mol. The normalized spacial score (nSPS) is 18.4. The lowest BCUT2D eigenvalue weighted by Gasteiger charge is -2.30. The highest BCUT2D eigenvalue weighted by Gasteiger charge is 2.19. The van der Waals surface area contributed by atoms with Gasteiger partial charge in [-0.1, -0.05) is 0 Å². The van der Waals surface area contributed by atoms with Gasteiger partial charge in [0.1, 0.15) is 0 Å². The van der Waals surface area contributed by atoms with Crippen molar-refractivity contribution >= 4 is 23.4 Å². The molecule has 5 nitrogen and oxygen atoms in total. The first-order valence-electron chi connectivity index (χ1n) is 4.06. The molecule has 1 aliphatic heterocycles. The van der Waals surface area contributed by atoms with Crippen LogP contribution in [-0.4, -0.2) is 45.5 Å². The number of rotatable bonds is 0. The maximum absolute atomic E-state index is 10.2. The van der Waals surface area contributed by atoms with Crippen molar-refractivity contribution in [2.75, 3.05) is 13.1 Å². The Kier molecular flexibility index (Phi) is 3.44. The molecule has 0 saturated carbocycles.